The van der Waals surface area contributed by atoms with E-state index in [9.17, 15) is 4.79 Å². The van der Waals surface area contributed by atoms with Crippen molar-refractivity contribution in [1.29, 1.82) is 5.26 Å². The molecule has 5 nitrogen and oxygen atoms in total. The van der Waals surface area contributed by atoms with E-state index < -0.39 is 0 Å². The van der Waals surface area contributed by atoms with Gasteiger partial charge in [-0.25, -0.2) is 4.98 Å². The number of aromatic nitrogens is 2. The van der Waals surface area contributed by atoms with Gasteiger partial charge in [0.25, 0.3) is 0 Å². The molecule has 1 aromatic heterocycles. The van der Waals surface area contributed by atoms with Crippen LogP contribution in [0.5, 0.6) is 0 Å². The highest BCUT2D eigenvalue weighted by molar-refractivity contribution is 5.96. The van der Waals surface area contributed by atoms with E-state index in [1.54, 1.807) is 12.1 Å². The number of carbonyl (C=O) groups is 1. The molecule has 2 aliphatic rings. The number of ketones is 1. The molecule has 0 amide bonds. The molecule has 5 heteroatoms. The van der Waals surface area contributed by atoms with Gasteiger partial charge in [0.05, 0.1) is 34.6 Å². The fourth-order valence-electron chi connectivity index (χ4n) is 4.93. The highest BCUT2D eigenvalue weighted by Gasteiger charge is 2.53. The van der Waals surface area contributed by atoms with Crippen LogP contribution >= 0.6 is 0 Å². The number of imidazole rings is 1. The molecule has 0 aliphatic heterocycles. The number of rotatable bonds is 6. The van der Waals surface area contributed by atoms with Crippen LogP contribution in [0, 0.1) is 17.2 Å². The molecule has 2 fully saturated rings. The molecular formula is C25H26N4O. The van der Waals surface area contributed by atoms with Gasteiger partial charge >= 0.3 is 0 Å². The number of carbonyl (C=O) groups excluding carboxylic acids is 1. The first-order chi connectivity index (χ1) is 14.6. The summed E-state index contributed by atoms with van der Waals surface area (Å²) in [5.74, 6) is 1.68. The lowest BCUT2D eigenvalue weighted by Crippen LogP contribution is -2.26. The van der Waals surface area contributed by atoms with E-state index in [1.165, 1.54) is 12.8 Å². The number of hydrogen-bond acceptors (Lipinski definition) is 4. The van der Waals surface area contributed by atoms with Gasteiger partial charge in [0.1, 0.15) is 11.6 Å². The lowest BCUT2D eigenvalue weighted by Gasteiger charge is -2.19. The predicted molar refractivity (Wildman–Crippen MR) is 117 cm³/mol. The number of benzene rings is 2. The Bertz CT molecular complexity index is 1140. The highest BCUT2D eigenvalue weighted by atomic mass is 16.1. The summed E-state index contributed by atoms with van der Waals surface area (Å²) < 4.78 is 2.11. The maximum atomic E-state index is 13.2. The minimum absolute atomic E-state index is 0.248. The third-order valence-electron chi connectivity index (χ3n) is 6.94. The summed E-state index contributed by atoms with van der Waals surface area (Å²) in [7, 11) is 2.03. The summed E-state index contributed by atoms with van der Waals surface area (Å²) in [6.07, 6.45) is 6.49. The summed E-state index contributed by atoms with van der Waals surface area (Å²) >= 11 is 0. The molecular weight excluding hydrogens is 372 g/mol. The first-order valence-electron chi connectivity index (χ1n) is 10.8. The second-order valence-electron chi connectivity index (χ2n) is 8.76. The summed E-state index contributed by atoms with van der Waals surface area (Å²) in [4.78, 5) is 18.0. The van der Waals surface area contributed by atoms with Crippen LogP contribution < -0.4 is 5.32 Å². The average Bonchev–Trinajstić information content (AvgIpc) is 3.28. The SMILES string of the molecule is Cn1c(CNc2ccc(C#N)cc2)nc2cc(C3(C(=O)C4CCCC4)CC3)ccc21. The monoisotopic (exact) mass is 398 g/mol. The van der Waals surface area contributed by atoms with Crippen molar-refractivity contribution in [2.24, 2.45) is 13.0 Å². The number of anilines is 1. The molecule has 30 heavy (non-hydrogen) atoms. The number of fused-ring (bicyclic) bond motifs is 1. The average molecular weight is 399 g/mol. The summed E-state index contributed by atoms with van der Waals surface area (Å²) in [6, 6.07) is 16.0. The standard InChI is InChI=1S/C25H26N4O/c1-29-22-11-8-19(25(12-13-25)24(30)18-4-2-3-5-18)14-21(22)28-23(29)16-27-20-9-6-17(15-26)7-10-20/h6-11,14,18,27H,2-5,12-13,16H2,1H3. The third-order valence-corrected chi connectivity index (χ3v) is 6.94. The lowest BCUT2D eigenvalue weighted by molar-refractivity contribution is -0.125. The van der Waals surface area contributed by atoms with Crippen LogP contribution in [0.3, 0.4) is 0 Å². The molecule has 0 atom stereocenters. The summed E-state index contributed by atoms with van der Waals surface area (Å²) in [5, 5.41) is 12.3. The molecule has 0 spiro atoms. The maximum absolute atomic E-state index is 13.2. The summed E-state index contributed by atoms with van der Waals surface area (Å²) in [6.45, 7) is 0.596. The molecule has 152 valence electrons. The number of Topliss-reactive ketones (excluding diaryl/α,β-unsaturated/α-hetero) is 1. The molecule has 2 aromatic carbocycles. The van der Waals surface area contributed by atoms with Crippen LogP contribution in [0.1, 0.15) is 55.5 Å². The van der Waals surface area contributed by atoms with E-state index >= 15 is 0 Å². The largest absolute Gasteiger partial charge is 0.378 e. The maximum Gasteiger partial charge on any atom is 0.146 e. The van der Waals surface area contributed by atoms with E-state index in [0.717, 1.165) is 53.8 Å². The van der Waals surface area contributed by atoms with Gasteiger partial charge in [0.15, 0.2) is 0 Å². The molecule has 2 aliphatic carbocycles. The zero-order chi connectivity index (χ0) is 20.7. The molecule has 0 saturated heterocycles. The van der Waals surface area contributed by atoms with Crippen molar-refractivity contribution in [2.75, 3.05) is 5.32 Å². The van der Waals surface area contributed by atoms with Crippen molar-refractivity contribution < 1.29 is 4.79 Å². The Balaban J connectivity index is 1.38. The van der Waals surface area contributed by atoms with Crippen molar-refractivity contribution in [3.05, 3.63) is 59.4 Å². The zero-order valence-electron chi connectivity index (χ0n) is 17.3. The first-order valence-corrected chi connectivity index (χ1v) is 10.8. The number of nitrogens with zero attached hydrogens (tertiary/aromatic N) is 3. The molecule has 0 bridgehead atoms. The van der Waals surface area contributed by atoms with Crippen LogP contribution in [0.15, 0.2) is 42.5 Å². The minimum atomic E-state index is -0.248. The fourth-order valence-corrected chi connectivity index (χ4v) is 4.93. The van der Waals surface area contributed by atoms with Gasteiger partial charge in [0.2, 0.25) is 0 Å². The van der Waals surface area contributed by atoms with Crippen molar-refractivity contribution >= 4 is 22.5 Å². The van der Waals surface area contributed by atoms with Gasteiger partial charge in [-0.2, -0.15) is 5.26 Å². The van der Waals surface area contributed by atoms with Crippen LogP contribution in [0.2, 0.25) is 0 Å². The Morgan fingerprint density at radius 3 is 2.60 bits per heavy atom. The summed E-state index contributed by atoms with van der Waals surface area (Å²) in [5.41, 5.74) is 4.55. The Labute approximate surface area is 176 Å². The molecule has 3 aromatic rings. The van der Waals surface area contributed by atoms with Crippen molar-refractivity contribution in [3.8, 4) is 6.07 Å². The van der Waals surface area contributed by atoms with Gasteiger partial charge in [0, 0.05) is 18.7 Å². The van der Waals surface area contributed by atoms with E-state index in [0.29, 0.717) is 17.9 Å². The fraction of sp³-hybridized carbons (Fsp3) is 0.400. The van der Waals surface area contributed by atoms with E-state index in [4.69, 9.17) is 10.2 Å². The normalized spacial score (nSPS) is 17.7. The molecule has 0 radical (unpaired) electrons. The quantitative estimate of drug-likeness (QED) is 0.644. The van der Waals surface area contributed by atoms with Gasteiger partial charge in [-0.15, -0.1) is 0 Å². The molecule has 1 heterocycles. The Morgan fingerprint density at radius 2 is 1.93 bits per heavy atom. The zero-order valence-corrected chi connectivity index (χ0v) is 17.3. The topological polar surface area (TPSA) is 70.7 Å². The molecule has 0 unspecified atom stereocenters. The second kappa shape index (κ2) is 7.28. The third kappa shape index (κ3) is 3.17. The highest BCUT2D eigenvalue weighted by Crippen LogP contribution is 2.52. The van der Waals surface area contributed by atoms with E-state index in [1.807, 2.05) is 19.2 Å². The Kier molecular flexibility index (Phi) is 4.58. The Morgan fingerprint density at radius 1 is 1.20 bits per heavy atom. The van der Waals surface area contributed by atoms with Crippen LogP contribution in [-0.4, -0.2) is 15.3 Å². The van der Waals surface area contributed by atoms with Crippen LogP contribution in [0.25, 0.3) is 11.0 Å². The number of aryl methyl sites for hydroxylation is 1. The molecule has 1 N–H and O–H groups in total. The van der Waals surface area contributed by atoms with Gasteiger partial charge in [-0.3, -0.25) is 4.79 Å². The second-order valence-corrected chi connectivity index (χ2v) is 8.76. The van der Waals surface area contributed by atoms with Crippen LogP contribution in [-0.2, 0) is 23.8 Å². The number of nitriles is 1. The predicted octanol–water partition coefficient (Wildman–Crippen LogP) is 4.85. The minimum Gasteiger partial charge on any atom is -0.378 e. The van der Waals surface area contributed by atoms with Crippen molar-refractivity contribution in [1.82, 2.24) is 9.55 Å². The molecule has 5 rings (SSSR count). The van der Waals surface area contributed by atoms with E-state index in [-0.39, 0.29) is 11.3 Å². The van der Waals surface area contributed by atoms with Crippen LogP contribution in [0.4, 0.5) is 5.69 Å². The lowest BCUT2D eigenvalue weighted by atomic mass is 9.83. The number of hydrogen-bond donors (Lipinski definition) is 1. The number of nitrogens with one attached hydrogen (secondary N) is 1. The molecule has 2 saturated carbocycles. The van der Waals surface area contributed by atoms with Crippen molar-refractivity contribution in [2.45, 2.75) is 50.5 Å². The van der Waals surface area contributed by atoms with Gasteiger partial charge in [-0.1, -0.05) is 18.9 Å². The van der Waals surface area contributed by atoms with Crippen molar-refractivity contribution in [3.63, 3.8) is 0 Å². The van der Waals surface area contributed by atoms with E-state index in [2.05, 4.69) is 34.2 Å². The first kappa shape index (κ1) is 18.9. The smallest absolute Gasteiger partial charge is 0.146 e. The van der Waals surface area contributed by atoms with Gasteiger partial charge < -0.3 is 9.88 Å². The Hall–Kier alpha value is -3.13. The van der Waals surface area contributed by atoms with Gasteiger partial charge in [-0.05, 0) is 67.6 Å².